The van der Waals surface area contributed by atoms with Crippen LogP contribution in [0.1, 0.15) is 74.9 Å². The average Bonchev–Trinajstić information content (AvgIpc) is 3.55. The Morgan fingerprint density at radius 3 is 1.13 bits per heavy atom. The summed E-state index contributed by atoms with van der Waals surface area (Å²) in [7, 11) is 0. The van der Waals surface area contributed by atoms with Crippen molar-refractivity contribution in [3.63, 3.8) is 0 Å². The van der Waals surface area contributed by atoms with Gasteiger partial charge in [0.25, 0.3) is 0 Å². The monoisotopic (exact) mass is 394 g/mol. The first-order chi connectivity index (χ1) is 14.1. The molecule has 2 atom stereocenters. The van der Waals surface area contributed by atoms with Crippen molar-refractivity contribution in [3.05, 3.63) is 106 Å². The highest BCUT2D eigenvalue weighted by Crippen LogP contribution is 2.73. The smallest absolute Gasteiger partial charge is 0.0300 e. The minimum Gasteiger partial charge on any atom is -0.0622 e. The van der Waals surface area contributed by atoms with Crippen LogP contribution in [0, 0.1) is 10.8 Å². The highest BCUT2D eigenvalue weighted by molar-refractivity contribution is 5.79. The summed E-state index contributed by atoms with van der Waals surface area (Å²) in [5.41, 5.74) is 10.1. The van der Waals surface area contributed by atoms with E-state index in [0.717, 1.165) is 12.8 Å². The van der Waals surface area contributed by atoms with Crippen molar-refractivity contribution in [1.82, 2.24) is 0 Å². The van der Waals surface area contributed by atoms with Crippen LogP contribution in [0.2, 0.25) is 0 Å². The van der Waals surface area contributed by atoms with Crippen molar-refractivity contribution < 1.29 is 0 Å². The minimum atomic E-state index is 0.158. The summed E-state index contributed by atoms with van der Waals surface area (Å²) in [6.07, 6.45) is 2.21. The summed E-state index contributed by atoms with van der Waals surface area (Å²) >= 11 is 0. The van der Waals surface area contributed by atoms with Gasteiger partial charge in [0.05, 0.1) is 0 Å². The zero-order chi connectivity index (χ0) is 21.4. The van der Waals surface area contributed by atoms with Crippen LogP contribution in [0.15, 0.2) is 72.8 Å². The molecular formula is C30H34. The molecule has 2 aliphatic rings. The van der Waals surface area contributed by atoms with E-state index in [0.29, 0.717) is 0 Å². The zero-order valence-electron chi connectivity index (χ0n) is 19.3. The van der Waals surface area contributed by atoms with Crippen LogP contribution in [-0.4, -0.2) is 0 Å². The van der Waals surface area contributed by atoms with E-state index >= 15 is 0 Å². The van der Waals surface area contributed by atoms with Gasteiger partial charge >= 0.3 is 0 Å². The zero-order valence-corrected chi connectivity index (χ0v) is 19.3. The molecule has 3 aromatic carbocycles. The van der Waals surface area contributed by atoms with Crippen LogP contribution in [-0.2, 0) is 23.7 Å². The average molecular weight is 395 g/mol. The van der Waals surface area contributed by atoms with Gasteiger partial charge in [-0.2, -0.15) is 0 Å². The Morgan fingerprint density at radius 1 is 0.500 bits per heavy atom. The van der Waals surface area contributed by atoms with Crippen LogP contribution in [0.5, 0.6) is 0 Å². The van der Waals surface area contributed by atoms with Crippen LogP contribution in [0.3, 0.4) is 0 Å². The Morgan fingerprint density at radius 2 is 0.833 bits per heavy atom. The highest BCUT2D eigenvalue weighted by atomic mass is 14.7. The number of hydrogen-bond donors (Lipinski definition) is 0. The van der Waals surface area contributed by atoms with Gasteiger partial charge in [-0.15, -0.1) is 0 Å². The SMILES string of the molecule is CC(C)(C)C1(Cc2ccccc2)c2ccc3c(c21)C3(Cc1ccccc1)C(C)(C)C. The molecule has 0 saturated heterocycles. The molecule has 5 rings (SSSR count). The van der Waals surface area contributed by atoms with Gasteiger partial charge in [0.15, 0.2) is 0 Å². The molecule has 2 aliphatic carbocycles. The maximum absolute atomic E-state index is 2.46. The molecule has 0 spiro atoms. The van der Waals surface area contributed by atoms with Gasteiger partial charge in [0, 0.05) is 10.8 Å². The van der Waals surface area contributed by atoms with Gasteiger partial charge in [-0.1, -0.05) is 114 Å². The predicted molar refractivity (Wildman–Crippen MR) is 127 cm³/mol. The molecule has 0 amide bonds. The predicted octanol–water partition coefficient (Wildman–Crippen LogP) is 7.46. The van der Waals surface area contributed by atoms with E-state index < -0.39 is 0 Å². The molecule has 0 fully saturated rings. The fraction of sp³-hybridized carbons (Fsp3) is 0.400. The van der Waals surface area contributed by atoms with E-state index in [9.17, 15) is 0 Å². The molecule has 0 aromatic heterocycles. The second-order valence-electron chi connectivity index (χ2n) is 11.5. The third kappa shape index (κ3) is 2.52. The van der Waals surface area contributed by atoms with Gasteiger partial charge < -0.3 is 0 Å². The van der Waals surface area contributed by atoms with Gasteiger partial charge in [-0.05, 0) is 57.1 Å². The molecule has 30 heavy (non-hydrogen) atoms. The number of benzene rings is 3. The normalized spacial score (nSPS) is 24.2. The summed E-state index contributed by atoms with van der Waals surface area (Å²) in [4.78, 5) is 0. The summed E-state index contributed by atoms with van der Waals surface area (Å²) in [6, 6.07) is 27.1. The molecule has 0 heteroatoms. The molecule has 3 aromatic rings. The van der Waals surface area contributed by atoms with E-state index in [4.69, 9.17) is 0 Å². The third-order valence-corrected chi connectivity index (χ3v) is 8.04. The molecule has 0 saturated carbocycles. The lowest BCUT2D eigenvalue weighted by atomic mass is 9.68. The Hall–Kier alpha value is -2.34. The topological polar surface area (TPSA) is 0 Å². The lowest BCUT2D eigenvalue weighted by Gasteiger charge is -2.35. The summed E-state index contributed by atoms with van der Waals surface area (Å²) in [5.74, 6) is 0. The van der Waals surface area contributed by atoms with Crippen molar-refractivity contribution in [1.29, 1.82) is 0 Å². The van der Waals surface area contributed by atoms with Crippen molar-refractivity contribution in [2.75, 3.05) is 0 Å². The first-order valence-corrected chi connectivity index (χ1v) is 11.4. The number of fused-ring (bicyclic) bond motifs is 3. The van der Waals surface area contributed by atoms with Gasteiger partial charge in [0.2, 0.25) is 0 Å². The highest BCUT2D eigenvalue weighted by Gasteiger charge is 2.68. The van der Waals surface area contributed by atoms with E-state index in [2.05, 4.69) is 114 Å². The lowest BCUT2D eigenvalue weighted by Crippen LogP contribution is -2.33. The van der Waals surface area contributed by atoms with Crippen molar-refractivity contribution in [3.8, 4) is 0 Å². The Labute approximate surface area is 182 Å². The molecule has 0 bridgehead atoms. The standard InChI is InChI=1S/C30H34/c1-27(2,3)29(19-21-13-9-7-10-14-21)23-17-18-24-26(25(23)29)30(24,28(4,5)6)20-22-15-11-8-12-16-22/h7-18H,19-20H2,1-6H3. The van der Waals surface area contributed by atoms with E-state index in [1.165, 1.54) is 11.1 Å². The van der Waals surface area contributed by atoms with Crippen molar-refractivity contribution in [2.45, 2.75) is 65.2 Å². The second-order valence-corrected chi connectivity index (χ2v) is 11.5. The minimum absolute atomic E-state index is 0.158. The largest absolute Gasteiger partial charge is 0.0622 e. The summed E-state index contributed by atoms with van der Waals surface area (Å²) < 4.78 is 0. The fourth-order valence-corrected chi connectivity index (χ4v) is 6.26. The molecule has 0 nitrogen and oxygen atoms in total. The molecule has 0 N–H and O–H groups in total. The second kappa shape index (κ2) is 6.10. The summed E-state index contributed by atoms with van der Waals surface area (Å²) in [6.45, 7) is 14.6. The molecule has 0 radical (unpaired) electrons. The van der Waals surface area contributed by atoms with E-state index in [-0.39, 0.29) is 21.7 Å². The maximum Gasteiger partial charge on any atom is 0.0300 e. The molecule has 154 valence electrons. The van der Waals surface area contributed by atoms with Gasteiger partial charge in [0.1, 0.15) is 0 Å². The molecule has 0 aliphatic heterocycles. The fourth-order valence-electron chi connectivity index (χ4n) is 6.26. The van der Waals surface area contributed by atoms with Gasteiger partial charge in [-0.25, -0.2) is 0 Å². The van der Waals surface area contributed by atoms with Crippen LogP contribution in [0.25, 0.3) is 0 Å². The summed E-state index contributed by atoms with van der Waals surface area (Å²) in [5, 5.41) is 0. The van der Waals surface area contributed by atoms with Crippen molar-refractivity contribution in [2.24, 2.45) is 10.8 Å². The lowest BCUT2D eigenvalue weighted by molar-refractivity contribution is 0.263. The molecule has 2 unspecified atom stereocenters. The Kier molecular flexibility index (Phi) is 3.99. The van der Waals surface area contributed by atoms with E-state index in [1.54, 1.807) is 22.3 Å². The maximum atomic E-state index is 2.46. The third-order valence-electron chi connectivity index (χ3n) is 8.04. The van der Waals surface area contributed by atoms with Crippen molar-refractivity contribution >= 4 is 0 Å². The first kappa shape index (κ1) is 19.6. The number of rotatable bonds is 4. The first-order valence-electron chi connectivity index (χ1n) is 11.4. The van der Waals surface area contributed by atoms with Crippen LogP contribution in [0.4, 0.5) is 0 Å². The Balaban J connectivity index is 1.62. The molecule has 0 heterocycles. The quantitative estimate of drug-likeness (QED) is 0.431. The number of hydrogen-bond acceptors (Lipinski definition) is 0. The van der Waals surface area contributed by atoms with E-state index in [1.807, 2.05) is 0 Å². The van der Waals surface area contributed by atoms with Crippen LogP contribution >= 0.6 is 0 Å². The Bertz CT molecular complexity index is 1000. The van der Waals surface area contributed by atoms with Gasteiger partial charge in [-0.3, -0.25) is 0 Å². The van der Waals surface area contributed by atoms with Crippen LogP contribution < -0.4 is 0 Å². The molecular weight excluding hydrogens is 360 g/mol.